The van der Waals surface area contributed by atoms with Gasteiger partial charge in [0, 0.05) is 43.3 Å². The Labute approximate surface area is 149 Å². The van der Waals surface area contributed by atoms with Gasteiger partial charge in [-0.25, -0.2) is 15.0 Å². The molecule has 3 rings (SSSR count). The number of methoxy groups -OCH3 is 1. The molecule has 0 spiro atoms. The summed E-state index contributed by atoms with van der Waals surface area (Å²) in [6, 6.07) is 3.73. The normalized spacial score (nSPS) is 15.2. The molecule has 0 aromatic carbocycles. The number of hydrogen-bond donors (Lipinski definition) is 0. The van der Waals surface area contributed by atoms with Crippen LogP contribution in [0, 0.1) is 6.92 Å². The van der Waals surface area contributed by atoms with Crippen LogP contribution in [0.3, 0.4) is 0 Å². The van der Waals surface area contributed by atoms with E-state index in [1.54, 1.807) is 19.6 Å². The van der Waals surface area contributed by atoms with Crippen molar-refractivity contribution in [3.05, 3.63) is 35.9 Å². The molecular weight excluding hydrogens is 316 g/mol. The summed E-state index contributed by atoms with van der Waals surface area (Å²) >= 11 is 0. The molecular formula is C19H26N4O2. The minimum Gasteiger partial charge on any atom is -0.489 e. The molecule has 0 atom stereocenters. The Kier molecular flexibility index (Phi) is 5.68. The maximum Gasteiger partial charge on any atom is 0.213 e. The molecule has 0 radical (unpaired) electrons. The zero-order chi connectivity index (χ0) is 17.6. The van der Waals surface area contributed by atoms with Crippen molar-refractivity contribution in [3.8, 4) is 11.6 Å². The number of piperidine rings is 1. The van der Waals surface area contributed by atoms with Crippen LogP contribution in [-0.4, -0.2) is 41.3 Å². The van der Waals surface area contributed by atoms with Crippen molar-refractivity contribution in [1.82, 2.24) is 15.0 Å². The molecule has 0 unspecified atom stereocenters. The number of pyridine rings is 1. The lowest BCUT2D eigenvalue weighted by Gasteiger charge is -2.33. The lowest BCUT2D eigenvalue weighted by Crippen LogP contribution is -2.39. The summed E-state index contributed by atoms with van der Waals surface area (Å²) in [5, 5.41) is 0. The zero-order valence-corrected chi connectivity index (χ0v) is 15.2. The number of hydrogen-bond acceptors (Lipinski definition) is 6. The molecule has 1 fully saturated rings. The lowest BCUT2D eigenvalue weighted by atomic mass is 10.1. The van der Waals surface area contributed by atoms with Gasteiger partial charge >= 0.3 is 0 Å². The second-order valence-electron chi connectivity index (χ2n) is 6.36. The number of nitrogens with zero attached hydrogens (tertiary/aromatic N) is 4. The molecule has 0 N–H and O–H groups in total. The van der Waals surface area contributed by atoms with E-state index < -0.39 is 0 Å². The fourth-order valence-electron chi connectivity index (χ4n) is 3.22. The van der Waals surface area contributed by atoms with Gasteiger partial charge in [0.25, 0.3) is 0 Å². The first kappa shape index (κ1) is 17.5. The van der Waals surface area contributed by atoms with Crippen molar-refractivity contribution in [2.75, 3.05) is 25.1 Å². The predicted molar refractivity (Wildman–Crippen MR) is 97.4 cm³/mol. The molecule has 134 valence electrons. The van der Waals surface area contributed by atoms with E-state index in [9.17, 15) is 0 Å². The van der Waals surface area contributed by atoms with Crippen molar-refractivity contribution in [1.29, 1.82) is 0 Å². The van der Waals surface area contributed by atoms with Crippen molar-refractivity contribution < 1.29 is 9.47 Å². The van der Waals surface area contributed by atoms with Crippen molar-refractivity contribution in [2.24, 2.45) is 0 Å². The van der Waals surface area contributed by atoms with E-state index in [4.69, 9.17) is 9.47 Å². The van der Waals surface area contributed by atoms with Gasteiger partial charge in [-0.2, -0.15) is 0 Å². The van der Waals surface area contributed by atoms with Crippen molar-refractivity contribution >= 4 is 5.82 Å². The maximum absolute atomic E-state index is 6.05. The topological polar surface area (TPSA) is 60.4 Å². The first-order chi connectivity index (χ1) is 12.2. The Bertz CT molecular complexity index is 682. The van der Waals surface area contributed by atoms with Gasteiger partial charge in [0.05, 0.1) is 13.3 Å². The SMILES string of the molecule is CCCc1ncnc(N2CCC(Oc3ccc(OC)nc3)CC2)c1C. The number of rotatable bonds is 6. The molecule has 25 heavy (non-hydrogen) atoms. The molecule has 0 bridgehead atoms. The van der Waals surface area contributed by atoms with Crippen LogP contribution in [0.25, 0.3) is 0 Å². The van der Waals surface area contributed by atoms with E-state index in [1.165, 1.54) is 5.56 Å². The molecule has 1 saturated heterocycles. The van der Waals surface area contributed by atoms with Gasteiger partial charge in [0.15, 0.2) is 0 Å². The molecule has 3 heterocycles. The smallest absolute Gasteiger partial charge is 0.213 e. The standard InChI is InChI=1S/C19H26N4O2/c1-4-5-17-14(2)19(22-13-21-17)23-10-8-15(9-11-23)25-16-6-7-18(24-3)20-12-16/h6-7,12-13,15H,4-5,8-11H2,1-3H3. The van der Waals surface area contributed by atoms with Crippen LogP contribution in [0.2, 0.25) is 0 Å². The fraction of sp³-hybridized carbons (Fsp3) is 0.526. The summed E-state index contributed by atoms with van der Waals surface area (Å²) in [5.74, 6) is 2.47. The van der Waals surface area contributed by atoms with Gasteiger partial charge in [-0.1, -0.05) is 13.3 Å². The van der Waals surface area contributed by atoms with Crippen LogP contribution in [0.4, 0.5) is 5.82 Å². The molecule has 1 aliphatic rings. The molecule has 2 aromatic heterocycles. The van der Waals surface area contributed by atoms with E-state index in [1.807, 2.05) is 12.1 Å². The summed E-state index contributed by atoms with van der Waals surface area (Å²) in [5.41, 5.74) is 2.37. The highest BCUT2D eigenvalue weighted by molar-refractivity contribution is 5.48. The maximum atomic E-state index is 6.05. The minimum atomic E-state index is 0.212. The Hall–Kier alpha value is -2.37. The summed E-state index contributed by atoms with van der Waals surface area (Å²) in [6.45, 7) is 6.19. The van der Waals surface area contributed by atoms with Crippen LogP contribution in [0.15, 0.2) is 24.7 Å². The highest BCUT2D eigenvalue weighted by Gasteiger charge is 2.23. The van der Waals surface area contributed by atoms with Gasteiger partial charge in [-0.15, -0.1) is 0 Å². The molecule has 6 nitrogen and oxygen atoms in total. The first-order valence-corrected chi connectivity index (χ1v) is 8.93. The second-order valence-corrected chi connectivity index (χ2v) is 6.36. The summed E-state index contributed by atoms with van der Waals surface area (Å²) < 4.78 is 11.1. The predicted octanol–water partition coefficient (Wildman–Crippen LogP) is 3.19. The van der Waals surface area contributed by atoms with Crippen molar-refractivity contribution in [3.63, 3.8) is 0 Å². The number of aryl methyl sites for hydroxylation is 1. The average molecular weight is 342 g/mol. The third kappa shape index (κ3) is 4.18. The Morgan fingerprint density at radius 2 is 1.96 bits per heavy atom. The Morgan fingerprint density at radius 1 is 1.16 bits per heavy atom. The highest BCUT2D eigenvalue weighted by Crippen LogP contribution is 2.25. The minimum absolute atomic E-state index is 0.212. The monoisotopic (exact) mass is 342 g/mol. The van der Waals surface area contributed by atoms with Crippen LogP contribution >= 0.6 is 0 Å². The molecule has 2 aromatic rings. The van der Waals surface area contributed by atoms with Crippen LogP contribution in [0.5, 0.6) is 11.6 Å². The van der Waals surface area contributed by atoms with Crippen LogP contribution in [0.1, 0.15) is 37.4 Å². The molecule has 0 amide bonds. The molecule has 6 heteroatoms. The zero-order valence-electron chi connectivity index (χ0n) is 15.2. The largest absolute Gasteiger partial charge is 0.489 e. The molecule has 0 aliphatic carbocycles. The second kappa shape index (κ2) is 8.14. The Morgan fingerprint density at radius 3 is 2.60 bits per heavy atom. The molecule has 1 aliphatic heterocycles. The average Bonchev–Trinajstić information content (AvgIpc) is 2.65. The first-order valence-electron chi connectivity index (χ1n) is 8.93. The summed E-state index contributed by atoms with van der Waals surface area (Å²) in [6.07, 6.45) is 7.67. The van der Waals surface area contributed by atoms with Crippen molar-refractivity contribution in [2.45, 2.75) is 45.6 Å². The quantitative estimate of drug-likeness (QED) is 0.803. The lowest BCUT2D eigenvalue weighted by molar-refractivity contribution is 0.169. The summed E-state index contributed by atoms with van der Waals surface area (Å²) in [7, 11) is 1.61. The van der Waals surface area contributed by atoms with Crippen LogP contribution < -0.4 is 14.4 Å². The third-order valence-corrected chi connectivity index (χ3v) is 4.61. The Balaban J connectivity index is 1.59. The number of ether oxygens (including phenoxy) is 2. The van der Waals surface area contributed by atoms with Gasteiger partial charge in [0.1, 0.15) is 24.0 Å². The van der Waals surface area contributed by atoms with Gasteiger partial charge in [-0.3, -0.25) is 0 Å². The van der Waals surface area contributed by atoms with E-state index in [-0.39, 0.29) is 6.10 Å². The van der Waals surface area contributed by atoms with Crippen LogP contribution in [-0.2, 0) is 6.42 Å². The molecule has 0 saturated carbocycles. The number of anilines is 1. The van der Waals surface area contributed by atoms with Gasteiger partial charge < -0.3 is 14.4 Å². The fourth-order valence-corrected chi connectivity index (χ4v) is 3.22. The highest BCUT2D eigenvalue weighted by atomic mass is 16.5. The van der Waals surface area contributed by atoms with Gasteiger partial charge in [0.2, 0.25) is 5.88 Å². The number of aromatic nitrogens is 3. The third-order valence-electron chi connectivity index (χ3n) is 4.61. The van der Waals surface area contributed by atoms with Gasteiger partial charge in [-0.05, 0) is 19.4 Å². The van der Waals surface area contributed by atoms with E-state index in [0.717, 1.165) is 56.0 Å². The van der Waals surface area contributed by atoms with E-state index in [2.05, 4.69) is 33.7 Å². The summed E-state index contributed by atoms with van der Waals surface area (Å²) in [4.78, 5) is 15.5. The van der Waals surface area contributed by atoms with E-state index >= 15 is 0 Å². The van der Waals surface area contributed by atoms with E-state index in [0.29, 0.717) is 5.88 Å².